The van der Waals surface area contributed by atoms with Gasteiger partial charge in [-0.2, -0.15) is 11.8 Å². The van der Waals surface area contributed by atoms with Crippen LogP contribution in [0.1, 0.15) is 11.1 Å². The number of amidine groups is 1. The number of hydrogen-bond acceptors (Lipinski definition) is 4. The van der Waals surface area contributed by atoms with E-state index in [1.165, 1.54) is 0 Å². The summed E-state index contributed by atoms with van der Waals surface area (Å²) < 4.78 is 0. The highest BCUT2D eigenvalue weighted by Gasteiger charge is 2.13. The molecule has 1 rings (SSSR count). The van der Waals surface area contributed by atoms with Gasteiger partial charge in [-0.1, -0.05) is 17.3 Å². The van der Waals surface area contributed by atoms with Crippen LogP contribution in [-0.2, 0) is 0 Å². The van der Waals surface area contributed by atoms with Crippen LogP contribution >= 0.6 is 11.8 Å². The van der Waals surface area contributed by atoms with E-state index in [1.807, 2.05) is 32.2 Å². The zero-order chi connectivity index (χ0) is 12.8. The average molecular weight is 253 g/mol. The normalized spacial score (nSPS) is 11.6. The molecule has 17 heavy (non-hydrogen) atoms. The molecule has 0 heterocycles. The largest absolute Gasteiger partial charge is 0.409 e. The third-order valence-corrected chi connectivity index (χ3v) is 3.22. The Bertz CT molecular complexity index is 407. The molecule has 3 N–H and O–H groups in total. The van der Waals surface area contributed by atoms with Gasteiger partial charge in [-0.05, 0) is 24.8 Å². The van der Waals surface area contributed by atoms with Crippen LogP contribution in [0.15, 0.2) is 23.4 Å². The van der Waals surface area contributed by atoms with Crippen molar-refractivity contribution in [2.24, 2.45) is 10.9 Å². The smallest absolute Gasteiger partial charge is 0.172 e. The van der Waals surface area contributed by atoms with Crippen LogP contribution < -0.4 is 10.6 Å². The highest BCUT2D eigenvalue weighted by Crippen LogP contribution is 2.24. The maximum Gasteiger partial charge on any atom is 0.172 e. The minimum atomic E-state index is 0.153. The van der Waals surface area contributed by atoms with Gasteiger partial charge in [0.1, 0.15) is 0 Å². The molecule has 1 aromatic carbocycles. The van der Waals surface area contributed by atoms with Crippen molar-refractivity contribution < 1.29 is 5.21 Å². The minimum absolute atomic E-state index is 0.153. The molecule has 0 unspecified atom stereocenters. The lowest BCUT2D eigenvalue weighted by Gasteiger charge is -2.23. The first-order valence-electron chi connectivity index (χ1n) is 5.39. The van der Waals surface area contributed by atoms with E-state index in [2.05, 4.69) is 16.3 Å². The Morgan fingerprint density at radius 1 is 1.53 bits per heavy atom. The molecule has 0 amide bonds. The summed E-state index contributed by atoms with van der Waals surface area (Å²) in [5.41, 5.74) is 8.62. The Balaban J connectivity index is 3.11. The SMILES string of the molecule is CSCCN(C)c1c(C)cccc1/C(N)=N/O. The molecule has 1 aromatic rings. The highest BCUT2D eigenvalue weighted by molar-refractivity contribution is 7.98. The first-order valence-corrected chi connectivity index (χ1v) is 6.78. The Morgan fingerprint density at radius 2 is 2.24 bits per heavy atom. The molecular weight excluding hydrogens is 234 g/mol. The first-order chi connectivity index (χ1) is 8.11. The van der Waals surface area contributed by atoms with E-state index in [0.29, 0.717) is 0 Å². The van der Waals surface area contributed by atoms with Gasteiger partial charge in [-0.3, -0.25) is 0 Å². The number of para-hydroxylation sites is 1. The summed E-state index contributed by atoms with van der Waals surface area (Å²) in [7, 11) is 2.02. The number of thioether (sulfide) groups is 1. The number of anilines is 1. The van der Waals surface area contributed by atoms with Crippen LogP contribution in [0.2, 0.25) is 0 Å². The van der Waals surface area contributed by atoms with Gasteiger partial charge >= 0.3 is 0 Å². The van der Waals surface area contributed by atoms with E-state index in [9.17, 15) is 0 Å². The van der Waals surface area contributed by atoms with Crippen LogP contribution in [0.25, 0.3) is 0 Å². The van der Waals surface area contributed by atoms with Gasteiger partial charge in [-0.25, -0.2) is 0 Å². The van der Waals surface area contributed by atoms with E-state index in [4.69, 9.17) is 10.9 Å². The van der Waals surface area contributed by atoms with Crippen molar-refractivity contribution in [3.63, 3.8) is 0 Å². The molecule has 0 aromatic heterocycles. The fourth-order valence-electron chi connectivity index (χ4n) is 1.77. The molecule has 0 atom stereocenters. The zero-order valence-electron chi connectivity index (χ0n) is 10.5. The van der Waals surface area contributed by atoms with Crippen molar-refractivity contribution in [3.8, 4) is 0 Å². The first kappa shape index (κ1) is 13.7. The number of aryl methyl sites for hydroxylation is 1. The number of oxime groups is 1. The van der Waals surface area contributed by atoms with Gasteiger partial charge in [-0.15, -0.1) is 0 Å². The molecule has 5 heteroatoms. The second kappa shape index (κ2) is 6.39. The Morgan fingerprint density at radius 3 is 2.82 bits per heavy atom. The van der Waals surface area contributed by atoms with E-state index in [-0.39, 0.29) is 5.84 Å². The molecule has 0 bridgehead atoms. The fraction of sp³-hybridized carbons (Fsp3) is 0.417. The summed E-state index contributed by atoms with van der Waals surface area (Å²) in [6, 6.07) is 5.81. The second-order valence-electron chi connectivity index (χ2n) is 3.87. The molecule has 0 spiro atoms. The molecular formula is C12H19N3OS. The summed E-state index contributed by atoms with van der Waals surface area (Å²) in [5, 5.41) is 11.9. The maximum atomic E-state index is 8.80. The van der Waals surface area contributed by atoms with Crippen LogP contribution in [0, 0.1) is 6.92 Å². The van der Waals surface area contributed by atoms with E-state index in [0.717, 1.165) is 29.1 Å². The Kier molecular flexibility index (Phi) is 5.15. The van der Waals surface area contributed by atoms with Crippen molar-refractivity contribution in [1.82, 2.24) is 0 Å². The lowest BCUT2D eigenvalue weighted by molar-refractivity contribution is 0.318. The quantitative estimate of drug-likeness (QED) is 0.364. The number of nitrogens with two attached hydrogens (primary N) is 1. The van der Waals surface area contributed by atoms with Crippen molar-refractivity contribution in [2.45, 2.75) is 6.92 Å². The predicted molar refractivity (Wildman–Crippen MR) is 75.3 cm³/mol. The molecule has 4 nitrogen and oxygen atoms in total. The summed E-state index contributed by atoms with van der Waals surface area (Å²) >= 11 is 1.80. The molecule has 0 aliphatic rings. The zero-order valence-corrected chi connectivity index (χ0v) is 11.3. The van der Waals surface area contributed by atoms with Crippen LogP contribution in [0.5, 0.6) is 0 Å². The van der Waals surface area contributed by atoms with Gasteiger partial charge in [0.15, 0.2) is 5.84 Å². The maximum absolute atomic E-state index is 8.80. The Labute approximate surface area is 106 Å². The monoisotopic (exact) mass is 253 g/mol. The number of hydrogen-bond donors (Lipinski definition) is 2. The van der Waals surface area contributed by atoms with Crippen LogP contribution in [0.3, 0.4) is 0 Å². The third-order valence-electron chi connectivity index (χ3n) is 2.63. The molecule has 0 saturated carbocycles. The molecule has 0 radical (unpaired) electrons. The summed E-state index contributed by atoms with van der Waals surface area (Å²) in [4.78, 5) is 2.14. The predicted octanol–water partition coefficient (Wildman–Crippen LogP) is 1.89. The summed E-state index contributed by atoms with van der Waals surface area (Å²) in [5.74, 6) is 1.19. The lowest BCUT2D eigenvalue weighted by atomic mass is 10.1. The van der Waals surface area contributed by atoms with Crippen molar-refractivity contribution in [1.29, 1.82) is 0 Å². The molecule has 94 valence electrons. The number of rotatable bonds is 5. The van der Waals surface area contributed by atoms with Gasteiger partial charge in [0, 0.05) is 24.9 Å². The minimum Gasteiger partial charge on any atom is -0.409 e. The van der Waals surface area contributed by atoms with Gasteiger partial charge < -0.3 is 15.8 Å². The molecule has 0 aliphatic carbocycles. The van der Waals surface area contributed by atoms with Gasteiger partial charge in [0.2, 0.25) is 0 Å². The lowest BCUT2D eigenvalue weighted by Crippen LogP contribution is -2.25. The van der Waals surface area contributed by atoms with E-state index >= 15 is 0 Å². The Hall–Kier alpha value is -1.36. The van der Waals surface area contributed by atoms with E-state index < -0.39 is 0 Å². The fourth-order valence-corrected chi connectivity index (χ4v) is 2.22. The molecule has 0 fully saturated rings. The van der Waals surface area contributed by atoms with Gasteiger partial charge in [0.25, 0.3) is 0 Å². The average Bonchev–Trinajstić information content (AvgIpc) is 2.34. The standard InChI is InChI=1S/C12H19N3OS/c1-9-5-4-6-10(12(13)14-16)11(9)15(2)7-8-17-3/h4-6,16H,7-8H2,1-3H3,(H2,13,14). The van der Waals surface area contributed by atoms with Gasteiger partial charge in [0.05, 0.1) is 5.69 Å². The highest BCUT2D eigenvalue weighted by atomic mass is 32.2. The third kappa shape index (κ3) is 3.30. The second-order valence-corrected chi connectivity index (χ2v) is 4.86. The van der Waals surface area contributed by atoms with Crippen molar-refractivity contribution in [2.75, 3.05) is 30.5 Å². The molecule has 0 aliphatic heterocycles. The van der Waals surface area contributed by atoms with Crippen LogP contribution in [-0.4, -0.2) is 36.6 Å². The number of nitrogens with zero attached hydrogens (tertiary/aromatic N) is 2. The van der Waals surface area contributed by atoms with E-state index in [1.54, 1.807) is 11.8 Å². The summed E-state index contributed by atoms with van der Waals surface area (Å²) in [6.45, 7) is 2.96. The summed E-state index contributed by atoms with van der Waals surface area (Å²) in [6.07, 6.45) is 2.08. The topological polar surface area (TPSA) is 61.8 Å². The molecule has 0 saturated heterocycles. The van der Waals surface area contributed by atoms with Crippen LogP contribution in [0.4, 0.5) is 5.69 Å². The van der Waals surface area contributed by atoms with Crippen molar-refractivity contribution >= 4 is 23.3 Å². The van der Waals surface area contributed by atoms with Crippen molar-refractivity contribution in [3.05, 3.63) is 29.3 Å². The number of benzene rings is 1.